The topological polar surface area (TPSA) is 56.9 Å². The van der Waals surface area contributed by atoms with Gasteiger partial charge in [0.1, 0.15) is 5.54 Å². The first-order valence-electron chi connectivity index (χ1n) is 11.8. The molecule has 1 atom stereocenters. The van der Waals surface area contributed by atoms with Crippen molar-refractivity contribution in [2.75, 3.05) is 0 Å². The molecule has 0 unspecified atom stereocenters. The van der Waals surface area contributed by atoms with Crippen LogP contribution in [-0.4, -0.2) is 20.1 Å². The molecule has 0 radical (unpaired) electrons. The van der Waals surface area contributed by atoms with Crippen molar-refractivity contribution >= 4 is 28.2 Å². The highest BCUT2D eigenvalue weighted by Gasteiger charge is 2.38. The number of carbonyl (C=O) groups excluding carboxylic acids is 1. The van der Waals surface area contributed by atoms with Crippen molar-refractivity contribution in [3.8, 4) is 11.4 Å². The lowest BCUT2D eigenvalue weighted by molar-refractivity contribution is -0.127. The molecule has 1 aromatic heterocycles. The minimum absolute atomic E-state index is 0.00910. The highest BCUT2D eigenvalue weighted by atomic mass is 35.5. The van der Waals surface area contributed by atoms with Crippen LogP contribution in [0.5, 0.6) is 0 Å². The summed E-state index contributed by atoms with van der Waals surface area (Å²) < 4.78 is 3.12. The predicted molar refractivity (Wildman–Crippen MR) is 137 cm³/mol. The van der Waals surface area contributed by atoms with Gasteiger partial charge in [0, 0.05) is 23.0 Å². The quantitative estimate of drug-likeness (QED) is 0.314. The molecule has 34 heavy (non-hydrogen) atoms. The SMILES string of the molecule is C[C@H](CC(=O)C(C)(C)n1nc(-c2ccc(Cl)cc2)n(C2CC2)c1=O)c1cccc2ccccc12. The molecule has 1 saturated carbocycles. The Labute approximate surface area is 204 Å². The Balaban J connectivity index is 1.48. The second kappa shape index (κ2) is 8.55. The summed E-state index contributed by atoms with van der Waals surface area (Å²) in [6, 6.07) is 21.9. The number of ketones is 1. The molecule has 1 aliphatic carbocycles. The molecule has 0 aliphatic heterocycles. The number of halogens is 1. The first-order chi connectivity index (χ1) is 16.3. The summed E-state index contributed by atoms with van der Waals surface area (Å²) >= 11 is 6.06. The van der Waals surface area contributed by atoms with E-state index in [0.717, 1.165) is 34.7 Å². The number of hydrogen-bond donors (Lipinski definition) is 0. The summed E-state index contributed by atoms with van der Waals surface area (Å²) in [7, 11) is 0. The first-order valence-corrected chi connectivity index (χ1v) is 12.1. The van der Waals surface area contributed by atoms with Crippen LogP contribution in [0.2, 0.25) is 5.02 Å². The van der Waals surface area contributed by atoms with Gasteiger partial charge in [-0.15, -0.1) is 5.10 Å². The van der Waals surface area contributed by atoms with E-state index in [2.05, 4.69) is 31.2 Å². The third kappa shape index (κ3) is 3.98. The molecule has 0 bridgehead atoms. The summed E-state index contributed by atoms with van der Waals surface area (Å²) in [6.45, 7) is 5.66. The lowest BCUT2D eigenvalue weighted by Crippen LogP contribution is -2.44. The molecule has 0 N–H and O–H groups in total. The Hall–Kier alpha value is -3.18. The van der Waals surface area contributed by atoms with E-state index in [1.807, 2.05) is 30.3 Å². The van der Waals surface area contributed by atoms with E-state index in [1.165, 1.54) is 4.68 Å². The molecule has 0 amide bonds. The van der Waals surface area contributed by atoms with Gasteiger partial charge in [-0.05, 0) is 73.2 Å². The van der Waals surface area contributed by atoms with Crippen molar-refractivity contribution in [1.29, 1.82) is 0 Å². The number of hydrogen-bond acceptors (Lipinski definition) is 3. The van der Waals surface area contributed by atoms with Crippen LogP contribution in [0.15, 0.2) is 71.5 Å². The van der Waals surface area contributed by atoms with Crippen LogP contribution >= 0.6 is 11.6 Å². The first kappa shape index (κ1) is 22.6. The molecule has 0 spiro atoms. The molecular weight excluding hydrogens is 446 g/mol. The molecular formula is C28H28ClN3O2. The van der Waals surface area contributed by atoms with E-state index < -0.39 is 5.54 Å². The van der Waals surface area contributed by atoms with Crippen LogP contribution in [-0.2, 0) is 10.3 Å². The van der Waals surface area contributed by atoms with Gasteiger partial charge in [-0.2, -0.15) is 4.68 Å². The molecule has 174 valence electrons. The van der Waals surface area contributed by atoms with Crippen molar-refractivity contribution < 1.29 is 4.79 Å². The van der Waals surface area contributed by atoms with E-state index >= 15 is 0 Å². The van der Waals surface area contributed by atoms with E-state index in [0.29, 0.717) is 17.3 Å². The van der Waals surface area contributed by atoms with Crippen LogP contribution in [0, 0.1) is 0 Å². The average Bonchev–Trinajstić information content (AvgIpc) is 3.60. The largest absolute Gasteiger partial charge is 0.347 e. The van der Waals surface area contributed by atoms with E-state index in [4.69, 9.17) is 16.7 Å². The van der Waals surface area contributed by atoms with E-state index in [9.17, 15) is 9.59 Å². The maximum absolute atomic E-state index is 13.6. The highest BCUT2D eigenvalue weighted by Crippen LogP contribution is 2.37. The molecule has 1 fully saturated rings. The molecule has 3 aromatic carbocycles. The highest BCUT2D eigenvalue weighted by molar-refractivity contribution is 6.30. The summed E-state index contributed by atoms with van der Waals surface area (Å²) in [6.07, 6.45) is 2.21. The van der Waals surface area contributed by atoms with Gasteiger partial charge in [0.25, 0.3) is 0 Å². The number of benzene rings is 3. The summed E-state index contributed by atoms with van der Waals surface area (Å²) in [5.74, 6) is 0.583. The Morgan fingerprint density at radius 3 is 2.44 bits per heavy atom. The van der Waals surface area contributed by atoms with Crippen molar-refractivity contribution in [3.05, 3.63) is 87.8 Å². The molecule has 5 rings (SSSR count). The summed E-state index contributed by atoms with van der Waals surface area (Å²) in [4.78, 5) is 27.1. The minimum Gasteiger partial charge on any atom is -0.297 e. The lowest BCUT2D eigenvalue weighted by Gasteiger charge is -2.25. The fraction of sp³-hybridized carbons (Fsp3) is 0.321. The Morgan fingerprint density at radius 2 is 1.74 bits per heavy atom. The Morgan fingerprint density at radius 1 is 1.06 bits per heavy atom. The summed E-state index contributed by atoms with van der Waals surface area (Å²) in [5.41, 5.74) is 0.653. The number of fused-ring (bicyclic) bond motifs is 1. The third-order valence-electron chi connectivity index (χ3n) is 6.88. The Bertz CT molecular complexity index is 1420. The van der Waals surface area contributed by atoms with Gasteiger partial charge in [0.15, 0.2) is 11.6 Å². The van der Waals surface area contributed by atoms with Crippen molar-refractivity contribution in [2.45, 2.75) is 57.5 Å². The normalized spacial score (nSPS) is 14.9. The van der Waals surface area contributed by atoms with Crippen LogP contribution in [0.3, 0.4) is 0 Å². The molecule has 5 nitrogen and oxygen atoms in total. The van der Waals surface area contributed by atoms with Crippen LogP contribution < -0.4 is 5.69 Å². The lowest BCUT2D eigenvalue weighted by atomic mass is 9.86. The smallest absolute Gasteiger partial charge is 0.297 e. The van der Waals surface area contributed by atoms with Crippen molar-refractivity contribution in [2.24, 2.45) is 0 Å². The fourth-order valence-corrected chi connectivity index (χ4v) is 4.76. The zero-order chi connectivity index (χ0) is 24.0. The summed E-state index contributed by atoms with van der Waals surface area (Å²) in [5, 5.41) is 7.64. The van der Waals surface area contributed by atoms with Gasteiger partial charge in [-0.1, -0.05) is 61.0 Å². The van der Waals surface area contributed by atoms with Crippen LogP contribution in [0.1, 0.15) is 57.6 Å². The van der Waals surface area contributed by atoms with Crippen molar-refractivity contribution in [1.82, 2.24) is 14.3 Å². The standard InChI is InChI=1S/C28H28ClN3O2/c1-18(23-10-6-8-19-7-4-5-9-24(19)23)17-25(33)28(2,3)32-27(34)31(22-15-16-22)26(30-32)20-11-13-21(29)14-12-20/h4-14,18,22H,15-17H2,1-3H3/t18-/m1/s1. The number of rotatable bonds is 7. The zero-order valence-electron chi connectivity index (χ0n) is 19.7. The number of nitrogens with zero attached hydrogens (tertiary/aromatic N) is 3. The second-order valence-corrected chi connectivity index (χ2v) is 10.2. The van der Waals surface area contributed by atoms with Gasteiger partial charge in [-0.3, -0.25) is 9.36 Å². The average molecular weight is 474 g/mol. The van der Waals surface area contributed by atoms with Crippen molar-refractivity contribution in [3.63, 3.8) is 0 Å². The van der Waals surface area contributed by atoms with Crippen LogP contribution in [0.4, 0.5) is 0 Å². The Kier molecular flexibility index (Phi) is 5.68. The molecule has 4 aromatic rings. The zero-order valence-corrected chi connectivity index (χ0v) is 20.4. The van der Waals surface area contributed by atoms with Gasteiger partial charge < -0.3 is 0 Å². The maximum atomic E-state index is 13.6. The van der Waals surface area contributed by atoms with Gasteiger partial charge in [0.2, 0.25) is 0 Å². The molecule has 6 heteroatoms. The number of aromatic nitrogens is 3. The van der Waals surface area contributed by atoms with Gasteiger partial charge in [0.05, 0.1) is 0 Å². The van der Waals surface area contributed by atoms with Gasteiger partial charge >= 0.3 is 5.69 Å². The molecule has 1 aliphatic rings. The maximum Gasteiger partial charge on any atom is 0.347 e. The minimum atomic E-state index is -1.07. The third-order valence-corrected chi connectivity index (χ3v) is 7.13. The van der Waals surface area contributed by atoms with E-state index in [1.54, 1.807) is 30.5 Å². The number of carbonyl (C=O) groups is 1. The predicted octanol–water partition coefficient (Wildman–Crippen LogP) is 6.35. The second-order valence-electron chi connectivity index (χ2n) is 9.78. The monoisotopic (exact) mass is 473 g/mol. The van der Waals surface area contributed by atoms with E-state index in [-0.39, 0.29) is 23.4 Å². The van der Waals surface area contributed by atoms with Crippen LogP contribution in [0.25, 0.3) is 22.2 Å². The van der Waals surface area contributed by atoms with Gasteiger partial charge in [-0.25, -0.2) is 4.79 Å². The number of Topliss-reactive ketones (excluding diaryl/α,β-unsaturated/α-hetero) is 1. The fourth-order valence-electron chi connectivity index (χ4n) is 4.64. The molecule has 1 heterocycles. The molecule has 0 saturated heterocycles.